The number of nitrogens with one attached hydrogen (secondary N) is 1. The molecule has 0 spiro atoms. The lowest BCUT2D eigenvalue weighted by Crippen LogP contribution is -2.26. The van der Waals surface area contributed by atoms with Gasteiger partial charge in [-0.2, -0.15) is 5.10 Å². The first-order valence-corrected chi connectivity index (χ1v) is 4.77. The first-order valence-electron chi connectivity index (χ1n) is 4.77. The molecule has 0 saturated carbocycles. The van der Waals surface area contributed by atoms with Crippen LogP contribution in [-0.2, 0) is 0 Å². The van der Waals surface area contributed by atoms with E-state index in [9.17, 15) is 0 Å². The van der Waals surface area contributed by atoms with E-state index in [1.807, 2.05) is 35.0 Å². The van der Waals surface area contributed by atoms with Crippen molar-refractivity contribution in [1.29, 1.82) is 0 Å². The van der Waals surface area contributed by atoms with E-state index < -0.39 is 0 Å². The zero-order chi connectivity index (χ0) is 10.2. The molecular weight excluding hydrogens is 174 g/mol. The van der Waals surface area contributed by atoms with Crippen LogP contribution >= 0.6 is 0 Å². The second-order valence-electron chi connectivity index (χ2n) is 4.47. The number of hydrogen-bond donors (Lipinski definition) is 1. The van der Waals surface area contributed by atoms with Crippen molar-refractivity contribution in [2.45, 2.75) is 26.3 Å². The minimum Gasteiger partial charge on any atom is -0.364 e. The van der Waals surface area contributed by atoms with Crippen LogP contribution in [0.4, 0.5) is 5.82 Å². The molecule has 0 saturated heterocycles. The fourth-order valence-electron chi connectivity index (χ4n) is 1.38. The minimum atomic E-state index is 0.0535. The summed E-state index contributed by atoms with van der Waals surface area (Å²) in [6.07, 6.45) is 1.95. The Morgan fingerprint density at radius 1 is 1.29 bits per heavy atom. The fraction of sp³-hybridized carbons (Fsp3) is 0.364. The first kappa shape index (κ1) is 9.06. The highest BCUT2D eigenvalue weighted by atomic mass is 15.3. The largest absolute Gasteiger partial charge is 0.364 e. The molecule has 0 aliphatic rings. The molecule has 0 aromatic carbocycles. The Bertz CT molecular complexity index is 404. The average Bonchev–Trinajstić information content (AvgIpc) is 2.42. The van der Waals surface area contributed by atoms with Gasteiger partial charge in [-0.15, -0.1) is 0 Å². The smallest absolute Gasteiger partial charge is 0.149 e. The summed E-state index contributed by atoms with van der Waals surface area (Å²) in [5.74, 6) is 0.920. The predicted octanol–water partition coefficient (Wildman–Crippen LogP) is 2.54. The van der Waals surface area contributed by atoms with E-state index in [2.05, 4.69) is 31.2 Å². The molecule has 0 bridgehead atoms. The van der Waals surface area contributed by atoms with E-state index in [1.165, 1.54) is 0 Å². The molecule has 14 heavy (non-hydrogen) atoms. The van der Waals surface area contributed by atoms with Gasteiger partial charge in [0.05, 0.1) is 5.52 Å². The van der Waals surface area contributed by atoms with Crippen LogP contribution in [0.2, 0.25) is 0 Å². The van der Waals surface area contributed by atoms with Gasteiger partial charge in [-0.3, -0.25) is 0 Å². The molecule has 0 unspecified atom stereocenters. The molecule has 0 fully saturated rings. The number of anilines is 1. The minimum absolute atomic E-state index is 0.0535. The third-order valence-electron chi connectivity index (χ3n) is 1.87. The maximum atomic E-state index is 4.40. The average molecular weight is 189 g/mol. The van der Waals surface area contributed by atoms with Gasteiger partial charge >= 0.3 is 0 Å². The fourth-order valence-corrected chi connectivity index (χ4v) is 1.38. The summed E-state index contributed by atoms with van der Waals surface area (Å²) in [7, 11) is 0. The maximum Gasteiger partial charge on any atom is 0.149 e. The van der Waals surface area contributed by atoms with Crippen molar-refractivity contribution in [2.75, 3.05) is 5.32 Å². The van der Waals surface area contributed by atoms with Gasteiger partial charge in [0.15, 0.2) is 0 Å². The molecule has 3 heteroatoms. The van der Waals surface area contributed by atoms with E-state index in [4.69, 9.17) is 0 Å². The molecule has 2 aromatic rings. The summed E-state index contributed by atoms with van der Waals surface area (Å²) in [5, 5.41) is 7.74. The van der Waals surface area contributed by atoms with Crippen LogP contribution < -0.4 is 5.32 Å². The normalized spacial score (nSPS) is 11.9. The molecular formula is C11H15N3. The molecule has 0 amide bonds. The predicted molar refractivity (Wildman–Crippen MR) is 58.6 cm³/mol. The number of fused-ring (bicyclic) bond motifs is 1. The first-order chi connectivity index (χ1) is 6.54. The van der Waals surface area contributed by atoms with Gasteiger partial charge in [0.1, 0.15) is 5.82 Å². The quantitative estimate of drug-likeness (QED) is 0.747. The number of pyridine rings is 1. The lowest BCUT2D eigenvalue weighted by atomic mass is 10.1. The van der Waals surface area contributed by atoms with Crippen molar-refractivity contribution in [2.24, 2.45) is 0 Å². The maximum absolute atomic E-state index is 4.40. The summed E-state index contributed by atoms with van der Waals surface area (Å²) in [5.41, 5.74) is 1.16. The lowest BCUT2D eigenvalue weighted by Gasteiger charge is -2.19. The molecule has 0 atom stereocenters. The number of rotatable bonds is 1. The highest BCUT2D eigenvalue weighted by Gasteiger charge is 2.11. The molecule has 3 nitrogen and oxygen atoms in total. The molecule has 0 aliphatic carbocycles. The summed E-state index contributed by atoms with van der Waals surface area (Å²) < 4.78 is 1.87. The van der Waals surface area contributed by atoms with Crippen LogP contribution in [0, 0.1) is 0 Å². The van der Waals surface area contributed by atoms with Crippen LogP contribution in [-0.4, -0.2) is 15.2 Å². The van der Waals surface area contributed by atoms with E-state index >= 15 is 0 Å². The van der Waals surface area contributed by atoms with E-state index in [-0.39, 0.29) is 5.54 Å². The van der Waals surface area contributed by atoms with Crippen LogP contribution in [0.15, 0.2) is 30.5 Å². The van der Waals surface area contributed by atoms with Crippen LogP contribution in [0.3, 0.4) is 0 Å². The molecule has 2 heterocycles. The highest BCUT2D eigenvalue weighted by Crippen LogP contribution is 2.14. The van der Waals surface area contributed by atoms with Crippen molar-refractivity contribution in [3.05, 3.63) is 30.5 Å². The van der Waals surface area contributed by atoms with E-state index in [1.54, 1.807) is 0 Å². The molecule has 2 aromatic heterocycles. The molecule has 74 valence electrons. The second-order valence-corrected chi connectivity index (χ2v) is 4.47. The van der Waals surface area contributed by atoms with Crippen LogP contribution in [0.25, 0.3) is 5.52 Å². The Kier molecular flexibility index (Phi) is 1.95. The van der Waals surface area contributed by atoms with Crippen molar-refractivity contribution in [3.8, 4) is 0 Å². The summed E-state index contributed by atoms with van der Waals surface area (Å²) in [6, 6.07) is 8.07. The van der Waals surface area contributed by atoms with Crippen molar-refractivity contribution >= 4 is 11.3 Å². The molecule has 1 N–H and O–H groups in total. The monoisotopic (exact) mass is 189 g/mol. The zero-order valence-corrected chi connectivity index (χ0v) is 8.78. The van der Waals surface area contributed by atoms with Crippen molar-refractivity contribution in [3.63, 3.8) is 0 Å². The SMILES string of the molecule is CC(C)(C)Nc1cc2ccccn2n1. The highest BCUT2D eigenvalue weighted by molar-refractivity contribution is 5.55. The molecule has 2 rings (SSSR count). The lowest BCUT2D eigenvalue weighted by molar-refractivity contribution is 0.629. The Balaban J connectivity index is 2.36. The third-order valence-corrected chi connectivity index (χ3v) is 1.87. The van der Waals surface area contributed by atoms with Crippen molar-refractivity contribution in [1.82, 2.24) is 9.61 Å². The second kappa shape index (κ2) is 3.01. The molecule has 0 aliphatic heterocycles. The zero-order valence-electron chi connectivity index (χ0n) is 8.78. The van der Waals surface area contributed by atoms with Gasteiger partial charge in [0.25, 0.3) is 0 Å². The topological polar surface area (TPSA) is 29.3 Å². The van der Waals surface area contributed by atoms with Crippen LogP contribution in [0.5, 0.6) is 0 Å². The van der Waals surface area contributed by atoms with E-state index in [0.29, 0.717) is 0 Å². The summed E-state index contributed by atoms with van der Waals surface area (Å²) >= 11 is 0. The van der Waals surface area contributed by atoms with Crippen LogP contribution in [0.1, 0.15) is 20.8 Å². The van der Waals surface area contributed by atoms with Gasteiger partial charge in [0.2, 0.25) is 0 Å². The third kappa shape index (κ3) is 1.87. The Morgan fingerprint density at radius 3 is 2.71 bits per heavy atom. The Morgan fingerprint density at radius 2 is 2.07 bits per heavy atom. The van der Waals surface area contributed by atoms with Gasteiger partial charge in [-0.1, -0.05) is 6.07 Å². The summed E-state index contributed by atoms with van der Waals surface area (Å²) in [6.45, 7) is 6.37. The molecule has 0 radical (unpaired) electrons. The van der Waals surface area contributed by atoms with Gasteiger partial charge in [-0.05, 0) is 32.9 Å². The number of nitrogens with zero attached hydrogens (tertiary/aromatic N) is 2. The van der Waals surface area contributed by atoms with E-state index in [0.717, 1.165) is 11.3 Å². The Hall–Kier alpha value is -1.51. The van der Waals surface area contributed by atoms with Gasteiger partial charge < -0.3 is 5.32 Å². The van der Waals surface area contributed by atoms with Crippen molar-refractivity contribution < 1.29 is 0 Å². The number of hydrogen-bond acceptors (Lipinski definition) is 2. The summed E-state index contributed by atoms with van der Waals surface area (Å²) in [4.78, 5) is 0. The van der Waals surface area contributed by atoms with Gasteiger partial charge in [0, 0.05) is 17.8 Å². The standard InChI is InChI=1S/C11H15N3/c1-11(2,3)12-10-8-9-6-4-5-7-14(9)13-10/h4-8H,1-3H3,(H,12,13). The Labute approximate surface area is 83.7 Å². The number of aromatic nitrogens is 2. The van der Waals surface area contributed by atoms with Gasteiger partial charge in [-0.25, -0.2) is 4.52 Å².